The number of hydrogen-bond acceptors (Lipinski definition) is 6. The number of carbonyl (C=O) groups excluding carboxylic acids is 2. The van der Waals surface area contributed by atoms with Crippen molar-refractivity contribution < 1.29 is 32.6 Å². The van der Waals surface area contributed by atoms with Crippen LogP contribution in [0.3, 0.4) is 0 Å². The molecule has 1 saturated heterocycles. The van der Waals surface area contributed by atoms with E-state index in [1.54, 1.807) is 0 Å². The van der Waals surface area contributed by atoms with Crippen molar-refractivity contribution in [1.29, 1.82) is 0 Å². The summed E-state index contributed by atoms with van der Waals surface area (Å²) in [4.78, 5) is 34.5. The molecule has 10 nitrogen and oxygen atoms in total. The molecule has 0 bridgehead atoms. The largest absolute Gasteiger partial charge is 0.480 e. The number of carboxylic acid groups (broad SMARTS) is 1. The first-order valence-electron chi connectivity index (χ1n) is 6.03. The number of carboxylic acids is 1. The Labute approximate surface area is 121 Å². The van der Waals surface area contributed by atoms with Gasteiger partial charge in [0.2, 0.25) is 10.0 Å². The maximum Gasteiger partial charge on any atom is 0.329 e. The zero-order chi connectivity index (χ0) is 16.0. The molecule has 1 aliphatic heterocycles. The molecule has 0 aromatic rings. The smallest absolute Gasteiger partial charge is 0.329 e. The summed E-state index contributed by atoms with van der Waals surface area (Å²) in [7, 11) is -3.29. The summed E-state index contributed by atoms with van der Waals surface area (Å²) in [6, 6.07) is -0.660. The van der Waals surface area contributed by atoms with Crippen molar-refractivity contribution in [2.45, 2.75) is 0 Å². The maximum atomic E-state index is 11.7. The van der Waals surface area contributed by atoms with Gasteiger partial charge in [-0.05, 0) is 0 Å². The molecule has 120 valence electrons. The molecule has 21 heavy (non-hydrogen) atoms. The van der Waals surface area contributed by atoms with Crippen LogP contribution in [-0.2, 0) is 24.3 Å². The van der Waals surface area contributed by atoms with Crippen molar-refractivity contribution in [3.05, 3.63) is 0 Å². The molecular formula is C10H17N3O7S. The predicted octanol–water partition coefficient (Wildman–Crippen LogP) is -2.10. The average Bonchev–Trinajstić information content (AvgIpc) is 2.37. The van der Waals surface area contributed by atoms with Crippen molar-refractivity contribution in [3.8, 4) is 0 Å². The fourth-order valence-electron chi connectivity index (χ4n) is 1.69. The van der Waals surface area contributed by atoms with Gasteiger partial charge in [-0.25, -0.2) is 18.0 Å². The minimum absolute atomic E-state index is 0.163. The number of hydrogen-bond donors (Lipinski definition) is 2. The number of nitrogens with one attached hydrogen (secondary N) is 1. The van der Waals surface area contributed by atoms with Gasteiger partial charge in [-0.1, -0.05) is 0 Å². The standard InChI is InChI=1S/C10H17N3O7S/c1-21(18,19)13-4-2-12(3-5-13)10(17)11-8(14)6-20-7-9(15)16/h2-7H2,1H3,(H,15,16)(H,11,14,17). The van der Waals surface area contributed by atoms with E-state index in [2.05, 4.69) is 4.74 Å². The van der Waals surface area contributed by atoms with Gasteiger partial charge < -0.3 is 14.7 Å². The number of imide groups is 1. The minimum atomic E-state index is -3.29. The molecule has 2 N–H and O–H groups in total. The SMILES string of the molecule is CS(=O)(=O)N1CCN(C(=O)NC(=O)COCC(=O)O)CC1. The number of aliphatic carboxylic acids is 1. The molecule has 0 aromatic heterocycles. The van der Waals surface area contributed by atoms with Gasteiger partial charge in [0.25, 0.3) is 5.91 Å². The fourth-order valence-corrected chi connectivity index (χ4v) is 2.51. The summed E-state index contributed by atoms with van der Waals surface area (Å²) in [5, 5.41) is 10.4. The summed E-state index contributed by atoms with van der Waals surface area (Å²) in [6.45, 7) is -0.508. The third-order valence-electron chi connectivity index (χ3n) is 2.70. The Bertz CT molecular complexity index is 511. The Hall–Kier alpha value is -1.72. The van der Waals surface area contributed by atoms with Crippen LogP contribution in [0.1, 0.15) is 0 Å². The zero-order valence-electron chi connectivity index (χ0n) is 11.4. The van der Waals surface area contributed by atoms with Gasteiger partial charge in [-0.3, -0.25) is 10.1 Å². The quantitative estimate of drug-likeness (QED) is 0.592. The van der Waals surface area contributed by atoms with Gasteiger partial charge in [-0.15, -0.1) is 0 Å². The third kappa shape index (κ3) is 6.06. The molecule has 0 radical (unpaired) electrons. The van der Waals surface area contributed by atoms with Gasteiger partial charge in [-0.2, -0.15) is 4.31 Å². The number of sulfonamides is 1. The summed E-state index contributed by atoms with van der Waals surface area (Å²) < 4.78 is 28.4. The molecule has 1 heterocycles. The van der Waals surface area contributed by atoms with Gasteiger partial charge in [0.15, 0.2) is 0 Å². The number of carbonyl (C=O) groups is 3. The Kier molecular flexibility index (Phi) is 6.05. The molecule has 1 aliphatic rings. The van der Waals surface area contributed by atoms with Crippen molar-refractivity contribution in [1.82, 2.24) is 14.5 Å². The van der Waals surface area contributed by atoms with E-state index in [1.165, 1.54) is 9.21 Å². The van der Waals surface area contributed by atoms with Crippen molar-refractivity contribution >= 4 is 27.9 Å². The van der Waals surface area contributed by atoms with Crippen LogP contribution in [0.25, 0.3) is 0 Å². The molecule has 3 amide bonds. The number of ether oxygens (including phenoxy) is 1. The Morgan fingerprint density at radius 3 is 2.19 bits per heavy atom. The van der Waals surface area contributed by atoms with Crippen LogP contribution in [0.4, 0.5) is 4.79 Å². The molecule has 0 aromatic carbocycles. The highest BCUT2D eigenvalue weighted by Gasteiger charge is 2.26. The molecule has 1 fully saturated rings. The first-order chi connectivity index (χ1) is 9.70. The zero-order valence-corrected chi connectivity index (χ0v) is 12.3. The summed E-state index contributed by atoms with van der Waals surface area (Å²) in [5.41, 5.74) is 0. The van der Waals surface area contributed by atoms with Crippen LogP contribution < -0.4 is 5.32 Å². The summed E-state index contributed by atoms with van der Waals surface area (Å²) >= 11 is 0. The third-order valence-corrected chi connectivity index (χ3v) is 4.00. The fraction of sp³-hybridized carbons (Fsp3) is 0.700. The van der Waals surface area contributed by atoms with Crippen LogP contribution >= 0.6 is 0 Å². The van der Waals surface area contributed by atoms with Crippen LogP contribution in [0, 0.1) is 0 Å². The summed E-state index contributed by atoms with van der Waals surface area (Å²) in [6.07, 6.45) is 1.09. The number of amides is 3. The highest BCUT2D eigenvalue weighted by atomic mass is 32.2. The normalized spacial score (nSPS) is 16.5. The van der Waals surface area contributed by atoms with Crippen LogP contribution in [0.15, 0.2) is 0 Å². The van der Waals surface area contributed by atoms with Crippen molar-refractivity contribution in [3.63, 3.8) is 0 Å². The Morgan fingerprint density at radius 1 is 1.14 bits per heavy atom. The molecule has 1 rings (SSSR count). The molecule has 0 aliphatic carbocycles. The highest BCUT2D eigenvalue weighted by Crippen LogP contribution is 2.05. The number of nitrogens with zero attached hydrogens (tertiary/aromatic N) is 2. The van der Waals surface area contributed by atoms with Crippen LogP contribution in [0.2, 0.25) is 0 Å². The topological polar surface area (TPSA) is 133 Å². The molecule has 11 heteroatoms. The van der Waals surface area contributed by atoms with E-state index < -0.39 is 41.1 Å². The first-order valence-corrected chi connectivity index (χ1v) is 7.88. The van der Waals surface area contributed by atoms with E-state index >= 15 is 0 Å². The monoisotopic (exact) mass is 323 g/mol. The second-order valence-electron chi connectivity index (χ2n) is 4.39. The molecule has 0 spiro atoms. The lowest BCUT2D eigenvalue weighted by Crippen LogP contribution is -2.54. The molecule has 0 unspecified atom stereocenters. The van der Waals surface area contributed by atoms with E-state index in [9.17, 15) is 22.8 Å². The second-order valence-corrected chi connectivity index (χ2v) is 6.37. The maximum absolute atomic E-state index is 11.7. The van der Waals surface area contributed by atoms with Crippen molar-refractivity contribution in [2.24, 2.45) is 0 Å². The number of rotatable bonds is 5. The highest BCUT2D eigenvalue weighted by molar-refractivity contribution is 7.88. The lowest BCUT2D eigenvalue weighted by atomic mass is 10.4. The van der Waals surface area contributed by atoms with Gasteiger partial charge in [0, 0.05) is 26.2 Å². The number of piperazine rings is 1. The molecule has 0 saturated carbocycles. The summed E-state index contributed by atoms with van der Waals surface area (Å²) in [5.74, 6) is -1.97. The number of urea groups is 1. The van der Waals surface area contributed by atoms with Crippen LogP contribution in [0.5, 0.6) is 0 Å². The van der Waals surface area contributed by atoms with Crippen molar-refractivity contribution in [2.75, 3.05) is 45.6 Å². The van der Waals surface area contributed by atoms with Crippen LogP contribution in [-0.4, -0.2) is 86.3 Å². The van der Waals surface area contributed by atoms with E-state index in [0.717, 1.165) is 6.26 Å². The van der Waals surface area contributed by atoms with E-state index in [1.807, 2.05) is 5.32 Å². The predicted molar refractivity (Wildman–Crippen MR) is 70.0 cm³/mol. The lowest BCUT2D eigenvalue weighted by Gasteiger charge is -2.32. The van der Waals surface area contributed by atoms with Gasteiger partial charge >= 0.3 is 12.0 Å². The van der Waals surface area contributed by atoms with Gasteiger partial charge in [0.1, 0.15) is 13.2 Å². The lowest BCUT2D eigenvalue weighted by molar-refractivity contribution is -0.143. The molecular weight excluding hydrogens is 306 g/mol. The van der Waals surface area contributed by atoms with Gasteiger partial charge in [0.05, 0.1) is 6.26 Å². The Balaban J connectivity index is 2.34. The first kappa shape index (κ1) is 17.3. The second kappa shape index (κ2) is 7.33. The minimum Gasteiger partial charge on any atom is -0.480 e. The van der Waals surface area contributed by atoms with E-state index in [-0.39, 0.29) is 26.2 Å². The van der Waals surface area contributed by atoms with E-state index in [0.29, 0.717) is 0 Å². The van der Waals surface area contributed by atoms with E-state index in [4.69, 9.17) is 5.11 Å². The Morgan fingerprint density at radius 2 is 1.71 bits per heavy atom. The average molecular weight is 323 g/mol. The molecule has 0 atom stereocenters.